The highest BCUT2D eigenvalue weighted by atomic mass is 35.5. The third-order valence-electron chi connectivity index (χ3n) is 2.22. The van der Waals surface area contributed by atoms with Crippen LogP contribution in [0.1, 0.15) is 13.8 Å². The van der Waals surface area contributed by atoms with Crippen LogP contribution in [0.25, 0.3) is 0 Å². The smallest absolute Gasteiger partial charge is 0.340 e. The van der Waals surface area contributed by atoms with Crippen LogP contribution in [0.15, 0.2) is 24.3 Å². The Hall–Kier alpha value is -1.75. The molecule has 0 saturated heterocycles. The molecule has 0 heterocycles. The van der Waals surface area contributed by atoms with E-state index >= 15 is 0 Å². The van der Waals surface area contributed by atoms with Crippen LogP contribution in [0.3, 0.4) is 0 Å². The number of esters is 2. The molecule has 1 aromatic carbocycles. The average molecular weight is 286 g/mol. The Bertz CT molecular complexity index is 432. The van der Waals surface area contributed by atoms with Crippen LogP contribution in [0.4, 0.5) is 5.69 Å². The maximum atomic E-state index is 11.7. The fourth-order valence-corrected chi connectivity index (χ4v) is 1.59. The van der Waals surface area contributed by atoms with E-state index in [4.69, 9.17) is 21.1 Å². The summed E-state index contributed by atoms with van der Waals surface area (Å²) in [6, 6.07) is 5.57. The van der Waals surface area contributed by atoms with Crippen LogP contribution in [0, 0.1) is 0 Å². The van der Waals surface area contributed by atoms with Gasteiger partial charge in [-0.25, -0.2) is 9.59 Å². The third-order valence-corrected chi connectivity index (χ3v) is 2.55. The highest BCUT2D eigenvalue weighted by molar-refractivity contribution is 6.33. The zero-order valence-electron chi connectivity index (χ0n) is 10.8. The SMILES string of the molecule is CCOC(=O)C(Nc1ccccc1Cl)C(=O)OCC. The zero-order chi connectivity index (χ0) is 14.3. The molecule has 0 atom stereocenters. The van der Waals surface area contributed by atoms with E-state index in [2.05, 4.69) is 5.32 Å². The maximum absolute atomic E-state index is 11.7. The summed E-state index contributed by atoms with van der Waals surface area (Å²) >= 11 is 5.97. The summed E-state index contributed by atoms with van der Waals surface area (Å²) in [6.07, 6.45) is 0. The Balaban J connectivity index is 2.88. The second kappa shape index (κ2) is 7.63. The van der Waals surface area contributed by atoms with Gasteiger partial charge in [-0.05, 0) is 26.0 Å². The van der Waals surface area contributed by atoms with Crippen molar-refractivity contribution in [3.63, 3.8) is 0 Å². The second-order valence-corrected chi connectivity index (χ2v) is 3.97. The number of hydrogen-bond donors (Lipinski definition) is 1. The Morgan fingerprint density at radius 1 is 1.16 bits per heavy atom. The molecular formula is C13H16ClNO4. The van der Waals surface area contributed by atoms with E-state index in [1.165, 1.54) is 0 Å². The lowest BCUT2D eigenvalue weighted by Crippen LogP contribution is -2.40. The largest absolute Gasteiger partial charge is 0.464 e. The van der Waals surface area contributed by atoms with Gasteiger partial charge in [0, 0.05) is 0 Å². The van der Waals surface area contributed by atoms with Crippen LogP contribution in [0.5, 0.6) is 0 Å². The van der Waals surface area contributed by atoms with E-state index in [0.29, 0.717) is 10.7 Å². The molecule has 5 nitrogen and oxygen atoms in total. The first-order chi connectivity index (χ1) is 9.10. The summed E-state index contributed by atoms with van der Waals surface area (Å²) in [5.41, 5.74) is 0.468. The van der Waals surface area contributed by atoms with Gasteiger partial charge in [0.05, 0.1) is 23.9 Å². The molecule has 0 radical (unpaired) electrons. The topological polar surface area (TPSA) is 64.6 Å². The molecule has 0 aliphatic heterocycles. The van der Waals surface area contributed by atoms with Gasteiger partial charge >= 0.3 is 11.9 Å². The molecular weight excluding hydrogens is 270 g/mol. The summed E-state index contributed by atoms with van der Waals surface area (Å²) < 4.78 is 9.68. The Morgan fingerprint density at radius 2 is 1.68 bits per heavy atom. The van der Waals surface area contributed by atoms with E-state index in [1.807, 2.05) is 0 Å². The number of carbonyl (C=O) groups excluding carboxylic acids is 2. The first-order valence-corrected chi connectivity index (χ1v) is 6.32. The number of ether oxygens (including phenoxy) is 2. The second-order valence-electron chi connectivity index (χ2n) is 3.56. The van der Waals surface area contributed by atoms with Gasteiger partial charge in [0.1, 0.15) is 0 Å². The van der Waals surface area contributed by atoms with Crippen molar-refractivity contribution in [2.75, 3.05) is 18.5 Å². The number of halogens is 1. The molecule has 0 amide bonds. The Labute approximate surface area is 116 Å². The van der Waals surface area contributed by atoms with Gasteiger partial charge in [0.15, 0.2) is 0 Å². The Morgan fingerprint density at radius 3 is 2.16 bits per heavy atom. The first-order valence-electron chi connectivity index (χ1n) is 5.94. The van der Waals surface area contributed by atoms with Crippen molar-refractivity contribution in [1.82, 2.24) is 0 Å². The number of carbonyl (C=O) groups is 2. The van der Waals surface area contributed by atoms with Gasteiger partial charge in [-0.15, -0.1) is 0 Å². The molecule has 0 bridgehead atoms. The van der Waals surface area contributed by atoms with Crippen molar-refractivity contribution in [1.29, 1.82) is 0 Å². The molecule has 0 aromatic heterocycles. The van der Waals surface area contributed by atoms with Crippen LogP contribution in [-0.4, -0.2) is 31.2 Å². The molecule has 6 heteroatoms. The molecule has 1 N–H and O–H groups in total. The summed E-state index contributed by atoms with van der Waals surface area (Å²) in [6.45, 7) is 3.68. The van der Waals surface area contributed by atoms with E-state index < -0.39 is 18.0 Å². The molecule has 19 heavy (non-hydrogen) atoms. The normalized spacial score (nSPS) is 10.1. The standard InChI is InChI=1S/C13H16ClNO4/c1-3-18-12(16)11(13(17)19-4-2)15-10-8-6-5-7-9(10)14/h5-8,11,15H,3-4H2,1-2H3. The van der Waals surface area contributed by atoms with Gasteiger partial charge in [-0.1, -0.05) is 23.7 Å². The molecule has 0 fully saturated rings. The molecule has 1 aromatic rings. The molecule has 0 saturated carbocycles. The maximum Gasteiger partial charge on any atom is 0.340 e. The van der Waals surface area contributed by atoms with Crippen molar-refractivity contribution in [3.05, 3.63) is 29.3 Å². The van der Waals surface area contributed by atoms with E-state index in [-0.39, 0.29) is 13.2 Å². The van der Waals surface area contributed by atoms with Crippen molar-refractivity contribution in [2.24, 2.45) is 0 Å². The highest BCUT2D eigenvalue weighted by Crippen LogP contribution is 2.21. The summed E-state index contributed by atoms with van der Waals surface area (Å²) in [4.78, 5) is 23.5. The minimum absolute atomic E-state index is 0.180. The fraction of sp³-hybridized carbons (Fsp3) is 0.385. The number of hydrogen-bond acceptors (Lipinski definition) is 5. The van der Waals surface area contributed by atoms with E-state index in [0.717, 1.165) is 0 Å². The average Bonchev–Trinajstić information content (AvgIpc) is 2.38. The van der Waals surface area contributed by atoms with Crippen LogP contribution in [0.2, 0.25) is 5.02 Å². The van der Waals surface area contributed by atoms with E-state index in [1.54, 1.807) is 38.1 Å². The lowest BCUT2D eigenvalue weighted by Gasteiger charge is -2.17. The van der Waals surface area contributed by atoms with Crippen LogP contribution in [-0.2, 0) is 19.1 Å². The minimum atomic E-state index is -1.22. The lowest BCUT2D eigenvalue weighted by molar-refractivity contribution is -0.155. The van der Waals surface area contributed by atoms with Crippen molar-refractivity contribution >= 4 is 29.2 Å². The van der Waals surface area contributed by atoms with Crippen LogP contribution < -0.4 is 5.32 Å². The quantitative estimate of drug-likeness (QED) is 0.641. The molecule has 0 aliphatic rings. The van der Waals surface area contributed by atoms with E-state index in [9.17, 15) is 9.59 Å². The monoisotopic (exact) mass is 285 g/mol. The summed E-state index contributed by atoms with van der Waals surface area (Å²) in [5.74, 6) is -1.39. The number of rotatable bonds is 6. The van der Waals surface area contributed by atoms with Gasteiger partial charge in [-0.3, -0.25) is 0 Å². The summed E-state index contributed by atoms with van der Waals surface area (Å²) in [7, 11) is 0. The number of para-hydroxylation sites is 1. The molecule has 0 aliphatic carbocycles. The third kappa shape index (κ3) is 4.44. The predicted octanol–water partition coefficient (Wildman–Crippen LogP) is 2.25. The molecule has 104 valence electrons. The number of nitrogens with one attached hydrogen (secondary N) is 1. The predicted molar refractivity (Wildman–Crippen MR) is 72.1 cm³/mol. The number of benzene rings is 1. The highest BCUT2D eigenvalue weighted by Gasteiger charge is 2.29. The first kappa shape index (κ1) is 15.3. The van der Waals surface area contributed by atoms with Gasteiger partial charge in [-0.2, -0.15) is 0 Å². The van der Waals surface area contributed by atoms with Gasteiger partial charge < -0.3 is 14.8 Å². The lowest BCUT2D eigenvalue weighted by atomic mass is 10.2. The molecule has 1 rings (SSSR count). The Kier molecular flexibility index (Phi) is 6.15. The van der Waals surface area contributed by atoms with Gasteiger partial charge in [0.2, 0.25) is 6.04 Å². The van der Waals surface area contributed by atoms with Crippen molar-refractivity contribution < 1.29 is 19.1 Å². The van der Waals surface area contributed by atoms with Crippen molar-refractivity contribution in [3.8, 4) is 0 Å². The molecule has 0 unspecified atom stereocenters. The summed E-state index contributed by atoms with van der Waals surface area (Å²) in [5, 5.41) is 3.14. The zero-order valence-corrected chi connectivity index (χ0v) is 11.6. The minimum Gasteiger partial charge on any atom is -0.464 e. The fourth-order valence-electron chi connectivity index (χ4n) is 1.40. The van der Waals surface area contributed by atoms with Crippen LogP contribution >= 0.6 is 11.6 Å². The molecule has 0 spiro atoms. The van der Waals surface area contributed by atoms with Gasteiger partial charge in [0.25, 0.3) is 0 Å². The number of anilines is 1. The van der Waals surface area contributed by atoms with Crippen molar-refractivity contribution in [2.45, 2.75) is 19.9 Å².